The number of carbonyl (C=O) groups excluding carboxylic acids is 1. The summed E-state index contributed by atoms with van der Waals surface area (Å²) in [6, 6.07) is 21.1. The summed E-state index contributed by atoms with van der Waals surface area (Å²) in [6.45, 7) is 4.29. The van der Waals surface area contributed by atoms with Crippen molar-refractivity contribution < 1.29 is 14.5 Å². The van der Waals surface area contributed by atoms with Crippen LogP contribution in [0.5, 0.6) is 5.75 Å². The zero-order valence-corrected chi connectivity index (χ0v) is 23.7. The van der Waals surface area contributed by atoms with Crippen LogP contribution < -0.4 is 15.4 Å². The van der Waals surface area contributed by atoms with Gasteiger partial charge in [-0.2, -0.15) is 0 Å². The van der Waals surface area contributed by atoms with Crippen LogP contribution in [0.4, 0.5) is 11.4 Å². The number of nitrogens with one attached hydrogen (secondary N) is 2. The number of hydrogen-bond acceptors (Lipinski definition) is 6. The lowest BCUT2D eigenvalue weighted by molar-refractivity contribution is -0.384. The van der Waals surface area contributed by atoms with Gasteiger partial charge in [-0.15, -0.1) is 0 Å². The molecule has 210 valence electrons. The molecular weight excluding hydrogens is 540 g/mol. The predicted molar refractivity (Wildman–Crippen MR) is 160 cm³/mol. The lowest BCUT2D eigenvalue weighted by Gasteiger charge is -2.28. The van der Waals surface area contributed by atoms with Crippen LogP contribution in [0.3, 0.4) is 0 Å². The topological polar surface area (TPSA) is 115 Å². The lowest BCUT2D eigenvalue weighted by Crippen LogP contribution is -2.32. The van der Waals surface area contributed by atoms with Gasteiger partial charge >= 0.3 is 0 Å². The summed E-state index contributed by atoms with van der Waals surface area (Å²) in [4.78, 5) is 30.6. The van der Waals surface area contributed by atoms with Gasteiger partial charge in [0.1, 0.15) is 5.75 Å². The Morgan fingerprint density at radius 3 is 2.56 bits per heavy atom. The largest absolute Gasteiger partial charge is 0.495 e. The number of para-hydroxylation sites is 1. The Labute approximate surface area is 243 Å². The third-order valence-corrected chi connectivity index (χ3v) is 7.59. The number of nitro benzene ring substituents is 1. The summed E-state index contributed by atoms with van der Waals surface area (Å²) < 4.78 is 7.54. The third kappa shape index (κ3) is 5.62. The third-order valence-electron chi connectivity index (χ3n) is 7.24. The maximum Gasteiger partial charge on any atom is 0.271 e. The molecule has 1 saturated heterocycles. The summed E-state index contributed by atoms with van der Waals surface area (Å²) in [5.41, 5.74) is 4.79. The highest BCUT2D eigenvalue weighted by atomic mass is 32.1. The normalized spacial score (nSPS) is 16.4. The van der Waals surface area contributed by atoms with Crippen LogP contribution in [0, 0.1) is 24.0 Å². The summed E-state index contributed by atoms with van der Waals surface area (Å²) >= 11 is 5.79. The van der Waals surface area contributed by atoms with Gasteiger partial charge in [-0.1, -0.05) is 24.3 Å². The van der Waals surface area contributed by atoms with E-state index in [2.05, 4.69) is 21.7 Å². The Hall–Kier alpha value is -4.77. The van der Waals surface area contributed by atoms with Gasteiger partial charge in [0.2, 0.25) is 5.91 Å². The molecule has 0 spiro atoms. The van der Waals surface area contributed by atoms with Crippen molar-refractivity contribution in [2.45, 2.75) is 32.4 Å². The van der Waals surface area contributed by atoms with E-state index in [9.17, 15) is 14.9 Å². The van der Waals surface area contributed by atoms with E-state index in [4.69, 9.17) is 17.0 Å². The molecule has 3 heterocycles. The van der Waals surface area contributed by atoms with Crippen LogP contribution in [-0.2, 0) is 4.79 Å². The minimum Gasteiger partial charge on any atom is -0.495 e. The van der Waals surface area contributed by atoms with Gasteiger partial charge in [0, 0.05) is 48.4 Å². The molecule has 41 heavy (non-hydrogen) atoms. The SMILES string of the molecule is COc1ccc([N+](=O)[O-])cc1-n1c(C)cc([C@@H]2[C@@H](c3ccccn3)NC(=S)N2CCC(=O)Nc2ccccc2)c1C. The minimum atomic E-state index is -0.420. The lowest BCUT2D eigenvalue weighted by atomic mass is 9.96. The molecule has 1 aliphatic rings. The molecule has 4 aromatic rings. The number of nitro groups is 1. The summed E-state index contributed by atoms with van der Waals surface area (Å²) in [5.74, 6) is 0.394. The standard InChI is InChI=1S/C30H30N6O4S/c1-19-17-23(20(2)35(19)25-18-22(36(38)39)12-13-26(25)40-3)29-28(24-11-7-8-15-31-24)33-30(41)34(29)16-14-27(37)32-21-9-5-4-6-10-21/h4-13,15,17-18,28-29H,14,16H2,1-3H3,(H,32,37)(H,33,41)/t28-,29-/m1/s1. The van der Waals surface area contributed by atoms with E-state index in [1.54, 1.807) is 19.4 Å². The van der Waals surface area contributed by atoms with Gasteiger partial charge in [-0.3, -0.25) is 19.9 Å². The molecule has 2 atom stereocenters. The number of rotatable bonds is 9. The average molecular weight is 571 g/mol. The van der Waals surface area contributed by atoms with Crippen molar-refractivity contribution in [1.29, 1.82) is 0 Å². The molecule has 0 radical (unpaired) electrons. The second-order valence-corrected chi connectivity index (χ2v) is 10.1. The summed E-state index contributed by atoms with van der Waals surface area (Å²) in [5, 5.41) is 18.5. The van der Waals surface area contributed by atoms with Crippen molar-refractivity contribution in [2.24, 2.45) is 0 Å². The molecule has 11 heteroatoms. The second kappa shape index (κ2) is 11.8. The molecule has 1 aliphatic heterocycles. The summed E-state index contributed by atoms with van der Waals surface area (Å²) in [6.07, 6.45) is 1.96. The number of hydrogen-bond donors (Lipinski definition) is 2. The first kappa shape index (κ1) is 27.8. The Bertz CT molecular complexity index is 1590. The van der Waals surface area contributed by atoms with E-state index in [0.29, 0.717) is 23.1 Å². The molecule has 5 rings (SSSR count). The molecule has 0 bridgehead atoms. The van der Waals surface area contributed by atoms with E-state index >= 15 is 0 Å². The molecule has 1 fully saturated rings. The molecule has 2 N–H and O–H groups in total. The van der Waals surface area contributed by atoms with Crippen LogP contribution in [0.25, 0.3) is 5.69 Å². The fourth-order valence-corrected chi connectivity index (χ4v) is 5.71. The fraction of sp³-hybridized carbons (Fsp3) is 0.233. The zero-order valence-electron chi connectivity index (χ0n) is 22.9. The molecule has 10 nitrogen and oxygen atoms in total. The molecule has 2 aromatic heterocycles. The van der Waals surface area contributed by atoms with Gasteiger partial charge in [0.25, 0.3) is 5.69 Å². The number of nitrogens with zero attached hydrogens (tertiary/aromatic N) is 4. The zero-order chi connectivity index (χ0) is 29.1. The summed E-state index contributed by atoms with van der Waals surface area (Å²) in [7, 11) is 1.54. The van der Waals surface area contributed by atoms with Gasteiger partial charge in [0.15, 0.2) is 5.11 Å². The van der Waals surface area contributed by atoms with E-state index in [1.165, 1.54) is 12.1 Å². The molecule has 0 unspecified atom stereocenters. The molecule has 0 saturated carbocycles. The minimum absolute atomic E-state index is 0.0315. The molecule has 0 aliphatic carbocycles. The van der Waals surface area contributed by atoms with Crippen LogP contribution in [-0.4, -0.2) is 44.0 Å². The Kier molecular flexibility index (Phi) is 7.97. The van der Waals surface area contributed by atoms with E-state index in [1.807, 2.05) is 71.8 Å². The van der Waals surface area contributed by atoms with Crippen molar-refractivity contribution >= 4 is 34.6 Å². The predicted octanol–water partition coefficient (Wildman–Crippen LogP) is 5.41. The van der Waals surface area contributed by atoms with Crippen molar-refractivity contribution in [2.75, 3.05) is 19.0 Å². The van der Waals surface area contributed by atoms with Gasteiger partial charge in [0.05, 0.1) is 35.5 Å². The Morgan fingerprint density at radius 1 is 1.12 bits per heavy atom. The van der Waals surface area contributed by atoms with Crippen molar-refractivity contribution in [3.8, 4) is 11.4 Å². The highest BCUT2D eigenvalue weighted by Gasteiger charge is 2.41. The van der Waals surface area contributed by atoms with Gasteiger partial charge in [-0.25, -0.2) is 0 Å². The van der Waals surface area contributed by atoms with Crippen LogP contribution in [0.1, 0.15) is 41.1 Å². The van der Waals surface area contributed by atoms with Crippen LogP contribution >= 0.6 is 12.2 Å². The fourth-order valence-electron chi connectivity index (χ4n) is 5.38. The number of aromatic nitrogens is 2. The van der Waals surface area contributed by atoms with E-state index in [0.717, 1.165) is 28.3 Å². The maximum absolute atomic E-state index is 12.9. The number of anilines is 1. The Balaban J connectivity index is 1.53. The van der Waals surface area contributed by atoms with E-state index < -0.39 is 4.92 Å². The van der Waals surface area contributed by atoms with Crippen molar-refractivity contribution in [1.82, 2.24) is 19.8 Å². The first-order chi connectivity index (χ1) is 19.8. The number of pyridine rings is 1. The highest BCUT2D eigenvalue weighted by Crippen LogP contribution is 2.42. The quantitative estimate of drug-likeness (QED) is 0.156. The Morgan fingerprint density at radius 2 is 1.88 bits per heavy atom. The first-order valence-corrected chi connectivity index (χ1v) is 13.5. The number of methoxy groups -OCH3 is 1. The number of thiocarbonyl (C=S) groups is 1. The van der Waals surface area contributed by atoms with E-state index in [-0.39, 0.29) is 30.1 Å². The molecule has 2 aromatic carbocycles. The van der Waals surface area contributed by atoms with Crippen LogP contribution in [0.15, 0.2) is 79.0 Å². The average Bonchev–Trinajstić information content (AvgIpc) is 3.46. The molecular formula is C30H30N6O4S. The number of amides is 1. The number of ether oxygens (including phenoxy) is 1. The number of non-ortho nitro benzene ring substituents is 1. The van der Waals surface area contributed by atoms with Gasteiger partial charge < -0.3 is 24.8 Å². The first-order valence-electron chi connectivity index (χ1n) is 13.1. The number of carbonyl (C=O) groups is 1. The monoisotopic (exact) mass is 570 g/mol. The van der Waals surface area contributed by atoms with Crippen LogP contribution in [0.2, 0.25) is 0 Å². The highest BCUT2D eigenvalue weighted by molar-refractivity contribution is 7.80. The number of benzene rings is 2. The van der Waals surface area contributed by atoms with Crippen molar-refractivity contribution in [3.63, 3.8) is 0 Å². The smallest absolute Gasteiger partial charge is 0.271 e. The number of aryl methyl sites for hydroxylation is 1. The van der Waals surface area contributed by atoms with Gasteiger partial charge in [-0.05, 0) is 68.0 Å². The molecule has 1 amide bonds. The van der Waals surface area contributed by atoms with Crippen molar-refractivity contribution in [3.05, 3.63) is 112 Å². The maximum atomic E-state index is 12.9. The second-order valence-electron chi connectivity index (χ2n) is 9.76.